The summed E-state index contributed by atoms with van der Waals surface area (Å²) in [6.07, 6.45) is 0.161. The molecule has 0 amide bonds. The molecule has 2 unspecified atom stereocenters. The largest absolute Gasteiger partial charge is 0.393 e. The van der Waals surface area contributed by atoms with Gasteiger partial charge in [-0.3, -0.25) is 0 Å². The molecule has 5 heteroatoms. The highest BCUT2D eigenvalue weighted by Crippen LogP contribution is 2.34. The summed E-state index contributed by atoms with van der Waals surface area (Å²) >= 11 is 3.17. The Kier molecular flexibility index (Phi) is 3.56. The molecule has 2 nitrogen and oxygen atoms in total. The Morgan fingerprint density at radius 1 is 1.31 bits per heavy atom. The molecule has 0 bridgehead atoms. The SMILES string of the molecule is OC1CCOC(c2cc(F)c(F)cc2Br)C1. The fourth-order valence-electron chi connectivity index (χ4n) is 1.78. The van der Waals surface area contributed by atoms with Crippen LogP contribution in [0.2, 0.25) is 0 Å². The van der Waals surface area contributed by atoms with Crippen LogP contribution in [0.1, 0.15) is 24.5 Å². The second kappa shape index (κ2) is 4.77. The van der Waals surface area contributed by atoms with Crippen molar-refractivity contribution in [1.29, 1.82) is 0 Å². The van der Waals surface area contributed by atoms with E-state index in [0.29, 0.717) is 29.5 Å². The van der Waals surface area contributed by atoms with E-state index in [4.69, 9.17) is 4.74 Å². The Balaban J connectivity index is 2.29. The predicted octanol–water partition coefficient (Wildman–Crippen LogP) is 2.94. The molecule has 0 saturated carbocycles. The van der Waals surface area contributed by atoms with Gasteiger partial charge in [0.2, 0.25) is 0 Å². The second-order valence-electron chi connectivity index (χ2n) is 3.83. The molecule has 0 aromatic heterocycles. The first-order chi connectivity index (χ1) is 7.58. The van der Waals surface area contributed by atoms with E-state index < -0.39 is 17.7 Å². The average molecular weight is 293 g/mol. The zero-order valence-electron chi connectivity index (χ0n) is 8.42. The van der Waals surface area contributed by atoms with Crippen molar-refractivity contribution in [3.05, 3.63) is 33.8 Å². The van der Waals surface area contributed by atoms with E-state index in [0.717, 1.165) is 12.1 Å². The Morgan fingerprint density at radius 3 is 2.69 bits per heavy atom. The molecule has 1 heterocycles. The molecule has 88 valence electrons. The first-order valence-corrected chi connectivity index (χ1v) is 5.81. The third-order valence-electron chi connectivity index (χ3n) is 2.64. The van der Waals surface area contributed by atoms with Gasteiger partial charge in [0.05, 0.1) is 12.2 Å². The number of aliphatic hydroxyl groups excluding tert-OH is 1. The second-order valence-corrected chi connectivity index (χ2v) is 4.68. The Morgan fingerprint density at radius 2 is 2.00 bits per heavy atom. The molecular weight excluding hydrogens is 282 g/mol. The number of ether oxygens (including phenoxy) is 1. The Bertz CT molecular complexity index is 398. The first kappa shape index (κ1) is 12.0. The topological polar surface area (TPSA) is 29.5 Å². The summed E-state index contributed by atoms with van der Waals surface area (Å²) in [7, 11) is 0. The van der Waals surface area contributed by atoms with Crippen molar-refractivity contribution in [2.75, 3.05) is 6.61 Å². The quantitative estimate of drug-likeness (QED) is 0.807. The van der Waals surface area contributed by atoms with Crippen LogP contribution in [0.25, 0.3) is 0 Å². The summed E-state index contributed by atoms with van der Waals surface area (Å²) in [5.74, 6) is -1.80. The average Bonchev–Trinajstić information content (AvgIpc) is 2.23. The molecule has 1 aromatic carbocycles. The Labute approximate surface area is 100 Å². The summed E-state index contributed by atoms with van der Waals surface area (Å²) in [5.41, 5.74) is 0.539. The van der Waals surface area contributed by atoms with Crippen molar-refractivity contribution < 1.29 is 18.6 Å². The molecule has 1 aliphatic heterocycles. The predicted molar refractivity (Wildman–Crippen MR) is 58.0 cm³/mol. The van der Waals surface area contributed by atoms with Crippen molar-refractivity contribution >= 4 is 15.9 Å². The van der Waals surface area contributed by atoms with E-state index in [1.54, 1.807) is 0 Å². The zero-order valence-corrected chi connectivity index (χ0v) is 10.0. The summed E-state index contributed by atoms with van der Waals surface area (Å²) in [5, 5.41) is 9.49. The fraction of sp³-hybridized carbons (Fsp3) is 0.455. The number of halogens is 3. The molecule has 1 aliphatic rings. The van der Waals surface area contributed by atoms with Gasteiger partial charge < -0.3 is 9.84 Å². The van der Waals surface area contributed by atoms with Crippen LogP contribution >= 0.6 is 15.9 Å². The lowest BCUT2D eigenvalue weighted by Crippen LogP contribution is -2.23. The normalized spacial score (nSPS) is 25.8. The highest BCUT2D eigenvalue weighted by Gasteiger charge is 2.25. The third kappa shape index (κ3) is 2.42. The van der Waals surface area contributed by atoms with Crippen molar-refractivity contribution in [2.24, 2.45) is 0 Å². The lowest BCUT2D eigenvalue weighted by Gasteiger charge is -2.27. The lowest BCUT2D eigenvalue weighted by atomic mass is 9.99. The lowest BCUT2D eigenvalue weighted by molar-refractivity contribution is -0.0452. The third-order valence-corrected chi connectivity index (χ3v) is 3.33. The maximum absolute atomic E-state index is 13.1. The molecular formula is C11H11BrF2O2. The molecule has 2 rings (SSSR count). The minimum atomic E-state index is -0.901. The van der Waals surface area contributed by atoms with E-state index in [1.165, 1.54) is 0 Å². The monoisotopic (exact) mass is 292 g/mol. The van der Waals surface area contributed by atoms with Gasteiger partial charge in [-0.05, 0) is 24.1 Å². The summed E-state index contributed by atoms with van der Waals surface area (Å²) < 4.78 is 31.9. The van der Waals surface area contributed by atoms with Crippen LogP contribution in [0.3, 0.4) is 0 Å². The zero-order chi connectivity index (χ0) is 11.7. The van der Waals surface area contributed by atoms with E-state index in [2.05, 4.69) is 15.9 Å². The van der Waals surface area contributed by atoms with Gasteiger partial charge in [0.1, 0.15) is 0 Å². The molecule has 0 aliphatic carbocycles. The molecule has 1 aromatic rings. The van der Waals surface area contributed by atoms with Crippen LogP contribution in [0.4, 0.5) is 8.78 Å². The molecule has 2 atom stereocenters. The smallest absolute Gasteiger partial charge is 0.159 e. The summed E-state index contributed by atoms with van der Waals surface area (Å²) in [4.78, 5) is 0. The summed E-state index contributed by atoms with van der Waals surface area (Å²) in [6.45, 7) is 0.428. The van der Waals surface area contributed by atoms with Crippen LogP contribution in [-0.2, 0) is 4.74 Å². The standard InChI is InChI=1S/C11H11BrF2O2/c12-8-5-10(14)9(13)4-7(8)11-3-6(15)1-2-16-11/h4-6,11,15H,1-3H2. The van der Waals surface area contributed by atoms with Gasteiger partial charge >= 0.3 is 0 Å². The molecule has 1 saturated heterocycles. The highest BCUT2D eigenvalue weighted by molar-refractivity contribution is 9.10. The van der Waals surface area contributed by atoms with E-state index in [9.17, 15) is 13.9 Å². The van der Waals surface area contributed by atoms with Crippen LogP contribution < -0.4 is 0 Å². The van der Waals surface area contributed by atoms with Crippen LogP contribution in [0, 0.1) is 11.6 Å². The van der Waals surface area contributed by atoms with Gasteiger partial charge in [-0.2, -0.15) is 0 Å². The van der Waals surface area contributed by atoms with Crippen molar-refractivity contribution in [1.82, 2.24) is 0 Å². The number of aliphatic hydroxyl groups is 1. The molecule has 0 radical (unpaired) electrons. The van der Waals surface area contributed by atoms with Gasteiger partial charge in [0.15, 0.2) is 11.6 Å². The van der Waals surface area contributed by atoms with Gasteiger partial charge in [-0.15, -0.1) is 0 Å². The van der Waals surface area contributed by atoms with Crippen molar-refractivity contribution in [2.45, 2.75) is 25.0 Å². The molecule has 0 spiro atoms. The number of rotatable bonds is 1. The summed E-state index contributed by atoms with van der Waals surface area (Å²) in [6, 6.07) is 2.19. The van der Waals surface area contributed by atoms with E-state index >= 15 is 0 Å². The molecule has 1 fully saturated rings. The van der Waals surface area contributed by atoms with Crippen molar-refractivity contribution in [3.63, 3.8) is 0 Å². The van der Waals surface area contributed by atoms with Crippen LogP contribution in [-0.4, -0.2) is 17.8 Å². The fourth-order valence-corrected chi connectivity index (χ4v) is 2.35. The maximum Gasteiger partial charge on any atom is 0.159 e. The van der Waals surface area contributed by atoms with E-state index in [-0.39, 0.29) is 6.10 Å². The molecule has 1 N–H and O–H groups in total. The number of hydrogen-bond acceptors (Lipinski definition) is 2. The van der Waals surface area contributed by atoms with E-state index in [1.807, 2.05) is 0 Å². The van der Waals surface area contributed by atoms with Crippen molar-refractivity contribution in [3.8, 4) is 0 Å². The van der Waals surface area contributed by atoms with Gasteiger partial charge in [0, 0.05) is 17.5 Å². The highest BCUT2D eigenvalue weighted by atomic mass is 79.9. The first-order valence-electron chi connectivity index (χ1n) is 5.02. The molecule has 16 heavy (non-hydrogen) atoms. The number of hydrogen-bond donors (Lipinski definition) is 1. The van der Waals surface area contributed by atoms with Gasteiger partial charge in [0.25, 0.3) is 0 Å². The van der Waals surface area contributed by atoms with Gasteiger partial charge in [-0.25, -0.2) is 8.78 Å². The number of benzene rings is 1. The minimum Gasteiger partial charge on any atom is -0.393 e. The van der Waals surface area contributed by atoms with Crippen LogP contribution in [0.5, 0.6) is 0 Å². The minimum absolute atomic E-state index is 0.381. The van der Waals surface area contributed by atoms with Crippen LogP contribution in [0.15, 0.2) is 16.6 Å². The Hall–Kier alpha value is -0.520. The van der Waals surface area contributed by atoms with Gasteiger partial charge in [-0.1, -0.05) is 15.9 Å². The maximum atomic E-state index is 13.1.